The van der Waals surface area contributed by atoms with Crippen molar-refractivity contribution < 1.29 is 9.47 Å². The van der Waals surface area contributed by atoms with Crippen molar-refractivity contribution in [2.24, 2.45) is 0 Å². The van der Waals surface area contributed by atoms with Crippen LogP contribution in [0.3, 0.4) is 0 Å². The van der Waals surface area contributed by atoms with E-state index in [1.165, 1.54) is 0 Å². The summed E-state index contributed by atoms with van der Waals surface area (Å²) >= 11 is 0. The normalized spacial score (nSPS) is 12.0. The number of methoxy groups -OCH3 is 2. The molecule has 1 unspecified atom stereocenters. The first-order valence-corrected chi connectivity index (χ1v) is 7.03. The average molecular weight is 276 g/mol. The molecule has 0 aliphatic heterocycles. The minimum absolute atomic E-state index is 0.115. The zero-order chi connectivity index (χ0) is 15.0. The summed E-state index contributed by atoms with van der Waals surface area (Å²) in [6.45, 7) is 7.24. The Hall–Kier alpha value is -1.73. The fourth-order valence-electron chi connectivity index (χ4n) is 2.23. The zero-order valence-corrected chi connectivity index (χ0v) is 12.8. The standard InChI is InChI=1S/C16H24N2O2/c1-5-18(6-2)10-9-14(12-17)13-7-8-15(19-3)16(11-13)20-4/h7-8,11,14H,5-6,9-10H2,1-4H3. The van der Waals surface area contributed by atoms with E-state index in [4.69, 9.17) is 9.47 Å². The van der Waals surface area contributed by atoms with Crippen molar-refractivity contribution >= 4 is 0 Å². The maximum atomic E-state index is 9.39. The van der Waals surface area contributed by atoms with E-state index in [1.807, 2.05) is 18.2 Å². The van der Waals surface area contributed by atoms with Crippen molar-refractivity contribution in [1.82, 2.24) is 4.90 Å². The van der Waals surface area contributed by atoms with Crippen LogP contribution in [0.5, 0.6) is 11.5 Å². The summed E-state index contributed by atoms with van der Waals surface area (Å²) < 4.78 is 10.5. The molecule has 0 heterocycles. The van der Waals surface area contributed by atoms with Crippen LogP contribution in [0.2, 0.25) is 0 Å². The second-order valence-electron chi connectivity index (χ2n) is 4.61. The van der Waals surface area contributed by atoms with Gasteiger partial charge in [-0.15, -0.1) is 0 Å². The zero-order valence-electron chi connectivity index (χ0n) is 12.8. The van der Waals surface area contributed by atoms with Crippen molar-refractivity contribution in [2.75, 3.05) is 33.9 Å². The van der Waals surface area contributed by atoms with Gasteiger partial charge in [0.2, 0.25) is 0 Å². The van der Waals surface area contributed by atoms with Gasteiger partial charge in [-0.05, 0) is 43.8 Å². The van der Waals surface area contributed by atoms with Gasteiger partial charge in [0.15, 0.2) is 11.5 Å². The van der Waals surface area contributed by atoms with Crippen LogP contribution in [-0.2, 0) is 0 Å². The predicted octanol–water partition coefficient (Wildman–Crippen LogP) is 3.04. The number of hydrogen-bond acceptors (Lipinski definition) is 4. The van der Waals surface area contributed by atoms with Crippen LogP contribution in [0, 0.1) is 11.3 Å². The van der Waals surface area contributed by atoms with Crippen molar-refractivity contribution in [3.63, 3.8) is 0 Å². The van der Waals surface area contributed by atoms with Crippen LogP contribution in [0.25, 0.3) is 0 Å². The predicted molar refractivity (Wildman–Crippen MR) is 80.3 cm³/mol. The monoisotopic (exact) mass is 276 g/mol. The SMILES string of the molecule is CCN(CC)CCC(C#N)c1ccc(OC)c(OC)c1. The summed E-state index contributed by atoms with van der Waals surface area (Å²) in [6, 6.07) is 8.08. The number of nitriles is 1. The van der Waals surface area contributed by atoms with E-state index in [0.717, 1.165) is 31.6 Å². The summed E-state index contributed by atoms with van der Waals surface area (Å²) in [4.78, 5) is 2.32. The number of benzene rings is 1. The van der Waals surface area contributed by atoms with E-state index < -0.39 is 0 Å². The maximum Gasteiger partial charge on any atom is 0.161 e. The summed E-state index contributed by atoms with van der Waals surface area (Å²) in [7, 11) is 3.22. The van der Waals surface area contributed by atoms with Gasteiger partial charge in [0.25, 0.3) is 0 Å². The van der Waals surface area contributed by atoms with Crippen LogP contribution in [0.15, 0.2) is 18.2 Å². The van der Waals surface area contributed by atoms with Gasteiger partial charge in [0.05, 0.1) is 26.2 Å². The second-order valence-corrected chi connectivity index (χ2v) is 4.61. The van der Waals surface area contributed by atoms with E-state index in [-0.39, 0.29) is 5.92 Å². The van der Waals surface area contributed by atoms with E-state index >= 15 is 0 Å². The molecule has 1 aromatic carbocycles. The summed E-state index contributed by atoms with van der Waals surface area (Å²) in [5, 5.41) is 9.39. The van der Waals surface area contributed by atoms with Crippen LogP contribution >= 0.6 is 0 Å². The minimum Gasteiger partial charge on any atom is -0.493 e. The quantitative estimate of drug-likeness (QED) is 0.732. The third-order valence-electron chi connectivity index (χ3n) is 3.59. The highest BCUT2D eigenvalue weighted by Crippen LogP contribution is 2.31. The average Bonchev–Trinajstić information content (AvgIpc) is 2.51. The Morgan fingerprint density at radius 1 is 1.15 bits per heavy atom. The summed E-state index contributed by atoms with van der Waals surface area (Å²) in [5.74, 6) is 1.25. The van der Waals surface area contributed by atoms with Crippen molar-refractivity contribution in [3.05, 3.63) is 23.8 Å². The first-order chi connectivity index (χ1) is 9.69. The summed E-state index contributed by atoms with van der Waals surface area (Å²) in [5.41, 5.74) is 0.984. The van der Waals surface area contributed by atoms with Crippen LogP contribution < -0.4 is 9.47 Å². The molecule has 0 bridgehead atoms. The molecule has 0 aromatic heterocycles. The number of hydrogen-bond donors (Lipinski definition) is 0. The molecule has 4 heteroatoms. The third kappa shape index (κ3) is 4.14. The molecule has 0 spiro atoms. The molecule has 110 valence electrons. The van der Waals surface area contributed by atoms with Gasteiger partial charge in [-0.1, -0.05) is 19.9 Å². The first-order valence-electron chi connectivity index (χ1n) is 7.03. The van der Waals surface area contributed by atoms with E-state index in [0.29, 0.717) is 11.5 Å². The molecule has 1 aromatic rings. The molecular weight excluding hydrogens is 252 g/mol. The van der Waals surface area contributed by atoms with Gasteiger partial charge in [-0.3, -0.25) is 0 Å². The molecule has 0 saturated carbocycles. The number of rotatable bonds is 8. The number of ether oxygens (including phenoxy) is 2. The van der Waals surface area contributed by atoms with Crippen LogP contribution in [0.1, 0.15) is 31.7 Å². The van der Waals surface area contributed by atoms with Gasteiger partial charge in [0.1, 0.15) is 0 Å². The molecule has 0 amide bonds. The largest absolute Gasteiger partial charge is 0.493 e. The van der Waals surface area contributed by atoms with Gasteiger partial charge in [-0.25, -0.2) is 0 Å². The van der Waals surface area contributed by atoms with E-state index in [9.17, 15) is 5.26 Å². The Labute approximate surface area is 121 Å². The molecule has 20 heavy (non-hydrogen) atoms. The lowest BCUT2D eigenvalue weighted by atomic mass is 9.96. The van der Waals surface area contributed by atoms with Gasteiger partial charge in [-0.2, -0.15) is 5.26 Å². The van der Waals surface area contributed by atoms with Crippen molar-refractivity contribution in [2.45, 2.75) is 26.2 Å². The lowest BCUT2D eigenvalue weighted by Gasteiger charge is -2.20. The molecule has 0 fully saturated rings. The van der Waals surface area contributed by atoms with Crippen LogP contribution in [0.4, 0.5) is 0 Å². The highest BCUT2D eigenvalue weighted by Gasteiger charge is 2.14. The number of nitrogens with zero attached hydrogens (tertiary/aromatic N) is 2. The first kappa shape index (κ1) is 16.3. The Balaban J connectivity index is 2.82. The lowest BCUT2D eigenvalue weighted by molar-refractivity contribution is 0.296. The van der Waals surface area contributed by atoms with Crippen LogP contribution in [-0.4, -0.2) is 38.8 Å². The molecule has 0 radical (unpaired) electrons. The highest BCUT2D eigenvalue weighted by molar-refractivity contribution is 5.44. The third-order valence-corrected chi connectivity index (χ3v) is 3.59. The summed E-state index contributed by atoms with van der Waals surface area (Å²) in [6.07, 6.45) is 0.827. The van der Waals surface area contributed by atoms with E-state index in [1.54, 1.807) is 14.2 Å². The fourth-order valence-corrected chi connectivity index (χ4v) is 2.23. The molecule has 4 nitrogen and oxygen atoms in total. The second kappa shape index (κ2) is 8.44. The Bertz CT molecular complexity index is 450. The van der Waals surface area contributed by atoms with Gasteiger partial charge < -0.3 is 14.4 Å². The Morgan fingerprint density at radius 2 is 1.80 bits per heavy atom. The molecule has 0 N–H and O–H groups in total. The molecular formula is C16H24N2O2. The lowest BCUT2D eigenvalue weighted by Crippen LogP contribution is -2.25. The smallest absolute Gasteiger partial charge is 0.161 e. The Kier molecular flexibility index (Phi) is 6.89. The van der Waals surface area contributed by atoms with Crippen molar-refractivity contribution in [3.8, 4) is 17.6 Å². The maximum absolute atomic E-state index is 9.39. The molecule has 0 aliphatic carbocycles. The molecule has 1 rings (SSSR count). The van der Waals surface area contributed by atoms with Gasteiger partial charge in [0, 0.05) is 0 Å². The fraction of sp³-hybridized carbons (Fsp3) is 0.562. The van der Waals surface area contributed by atoms with E-state index in [2.05, 4.69) is 24.8 Å². The molecule has 0 aliphatic rings. The minimum atomic E-state index is -0.115. The highest BCUT2D eigenvalue weighted by atomic mass is 16.5. The van der Waals surface area contributed by atoms with Gasteiger partial charge >= 0.3 is 0 Å². The molecule has 1 atom stereocenters. The topological polar surface area (TPSA) is 45.5 Å². The molecule has 0 saturated heterocycles. The Morgan fingerprint density at radius 3 is 2.30 bits per heavy atom. The van der Waals surface area contributed by atoms with Crippen molar-refractivity contribution in [1.29, 1.82) is 5.26 Å².